The zero-order chi connectivity index (χ0) is 13.1. The van der Waals surface area contributed by atoms with Crippen molar-refractivity contribution >= 4 is 23.1 Å². The minimum Gasteiger partial charge on any atom is -0.392 e. The zero-order valence-corrected chi connectivity index (χ0v) is 11.8. The lowest BCUT2D eigenvalue weighted by molar-refractivity contribution is -0.132. The van der Waals surface area contributed by atoms with E-state index in [0.29, 0.717) is 24.1 Å². The topological polar surface area (TPSA) is 52.8 Å². The molecule has 2 rings (SSSR count). The molecular weight excluding hydrogens is 248 g/mol. The minimum atomic E-state index is 0.250. The van der Waals surface area contributed by atoms with Crippen molar-refractivity contribution in [2.24, 2.45) is 5.73 Å². The van der Waals surface area contributed by atoms with E-state index < -0.39 is 0 Å². The van der Waals surface area contributed by atoms with E-state index in [1.807, 2.05) is 11.9 Å². The molecule has 1 aliphatic carbocycles. The Hall–Kier alpha value is -0.720. The van der Waals surface area contributed by atoms with Crippen LogP contribution in [0.2, 0.25) is 0 Å². The van der Waals surface area contributed by atoms with Gasteiger partial charge in [0.15, 0.2) is 0 Å². The van der Waals surface area contributed by atoms with Crippen LogP contribution in [0.5, 0.6) is 0 Å². The minimum absolute atomic E-state index is 0.250. The largest absolute Gasteiger partial charge is 0.392 e. The van der Waals surface area contributed by atoms with Crippen LogP contribution < -0.4 is 5.73 Å². The van der Waals surface area contributed by atoms with Crippen LogP contribution in [-0.2, 0) is 4.79 Å². The highest BCUT2D eigenvalue weighted by Gasteiger charge is 2.30. The number of amides is 1. The molecule has 1 saturated heterocycles. The summed E-state index contributed by atoms with van der Waals surface area (Å²) in [5.74, 6) is 0.250. The Morgan fingerprint density at radius 3 is 2.17 bits per heavy atom. The van der Waals surface area contributed by atoms with Gasteiger partial charge in [-0.2, -0.15) is 0 Å². The fraction of sp³-hybridized carbons (Fsp3) is 0.833. The van der Waals surface area contributed by atoms with Gasteiger partial charge in [0.1, 0.15) is 0 Å². The number of thiocarbonyl (C=S) groups is 1. The number of nitrogens with two attached hydrogens (primary N) is 1. The standard InChI is InChI=1S/C12H22N4OS/c1-14(10-2-3-10)12(17)9-16-6-4-15(5-7-16)8-11(13)18/h10H,2-9H2,1H3,(H2,13,18). The first kappa shape index (κ1) is 13.7. The first-order valence-corrected chi connectivity index (χ1v) is 6.96. The van der Waals surface area contributed by atoms with Crippen LogP contribution in [-0.4, -0.2) is 78.0 Å². The summed E-state index contributed by atoms with van der Waals surface area (Å²) in [5, 5.41) is 0. The van der Waals surface area contributed by atoms with Gasteiger partial charge >= 0.3 is 0 Å². The van der Waals surface area contributed by atoms with Gasteiger partial charge in [-0.25, -0.2) is 0 Å². The van der Waals surface area contributed by atoms with Gasteiger partial charge in [0.05, 0.1) is 11.5 Å². The van der Waals surface area contributed by atoms with Crippen molar-refractivity contribution in [3.05, 3.63) is 0 Å². The predicted octanol–water partition coefficient (Wildman–Crippen LogP) is -0.489. The third-order valence-corrected chi connectivity index (χ3v) is 3.82. The number of carbonyl (C=O) groups is 1. The van der Waals surface area contributed by atoms with E-state index >= 15 is 0 Å². The molecule has 2 fully saturated rings. The Balaban J connectivity index is 1.69. The lowest BCUT2D eigenvalue weighted by Gasteiger charge is -2.34. The van der Waals surface area contributed by atoms with E-state index in [1.54, 1.807) is 0 Å². The molecule has 18 heavy (non-hydrogen) atoms. The van der Waals surface area contributed by atoms with Crippen molar-refractivity contribution in [2.45, 2.75) is 18.9 Å². The van der Waals surface area contributed by atoms with Crippen molar-refractivity contribution < 1.29 is 4.79 Å². The van der Waals surface area contributed by atoms with Crippen LogP contribution in [0.4, 0.5) is 0 Å². The Morgan fingerprint density at radius 2 is 1.72 bits per heavy atom. The highest BCUT2D eigenvalue weighted by atomic mass is 32.1. The van der Waals surface area contributed by atoms with Crippen LogP contribution >= 0.6 is 12.2 Å². The number of likely N-dealkylation sites (N-methyl/N-ethyl adjacent to an activating group) is 1. The van der Waals surface area contributed by atoms with Gasteiger partial charge < -0.3 is 10.6 Å². The van der Waals surface area contributed by atoms with Crippen molar-refractivity contribution in [1.29, 1.82) is 0 Å². The van der Waals surface area contributed by atoms with E-state index in [4.69, 9.17) is 18.0 Å². The number of rotatable bonds is 5. The van der Waals surface area contributed by atoms with Crippen LogP contribution in [0.1, 0.15) is 12.8 Å². The first-order valence-electron chi connectivity index (χ1n) is 6.55. The molecule has 0 spiro atoms. The molecule has 6 heteroatoms. The summed E-state index contributed by atoms with van der Waals surface area (Å²) in [6, 6.07) is 0.508. The van der Waals surface area contributed by atoms with E-state index in [0.717, 1.165) is 26.2 Å². The molecule has 102 valence electrons. The summed E-state index contributed by atoms with van der Waals surface area (Å²) in [7, 11) is 1.92. The fourth-order valence-corrected chi connectivity index (χ4v) is 2.48. The van der Waals surface area contributed by atoms with Crippen LogP contribution in [0, 0.1) is 0 Å². The lowest BCUT2D eigenvalue weighted by Crippen LogP contribution is -2.51. The number of carbonyl (C=O) groups excluding carboxylic acids is 1. The molecule has 1 saturated carbocycles. The zero-order valence-electron chi connectivity index (χ0n) is 11.0. The lowest BCUT2D eigenvalue weighted by atomic mass is 10.3. The summed E-state index contributed by atoms with van der Waals surface area (Å²) < 4.78 is 0. The van der Waals surface area contributed by atoms with Gasteiger partial charge in [0, 0.05) is 45.8 Å². The van der Waals surface area contributed by atoms with Gasteiger partial charge in [-0.15, -0.1) is 0 Å². The number of hydrogen-bond donors (Lipinski definition) is 1. The highest BCUT2D eigenvalue weighted by molar-refractivity contribution is 7.80. The molecular formula is C12H22N4OS. The van der Waals surface area contributed by atoms with Crippen molar-refractivity contribution in [1.82, 2.24) is 14.7 Å². The average molecular weight is 270 g/mol. The maximum absolute atomic E-state index is 12.0. The van der Waals surface area contributed by atoms with Gasteiger partial charge in [-0.05, 0) is 12.8 Å². The molecule has 0 atom stereocenters. The monoisotopic (exact) mass is 270 g/mol. The van der Waals surface area contributed by atoms with E-state index in [1.165, 1.54) is 12.8 Å². The molecule has 0 aromatic heterocycles. The van der Waals surface area contributed by atoms with Gasteiger partial charge in [0.25, 0.3) is 0 Å². The van der Waals surface area contributed by atoms with Gasteiger partial charge in [-0.3, -0.25) is 14.6 Å². The number of piperazine rings is 1. The second-order valence-corrected chi connectivity index (χ2v) is 5.78. The molecule has 1 aliphatic heterocycles. The maximum atomic E-state index is 12.0. The van der Waals surface area contributed by atoms with Gasteiger partial charge in [0.2, 0.25) is 5.91 Å². The molecule has 1 heterocycles. The summed E-state index contributed by atoms with van der Waals surface area (Å²) in [5.41, 5.74) is 5.53. The Bertz CT molecular complexity index is 324. The van der Waals surface area contributed by atoms with E-state index in [2.05, 4.69) is 9.80 Å². The number of nitrogens with zero attached hydrogens (tertiary/aromatic N) is 3. The number of hydrogen-bond acceptors (Lipinski definition) is 4. The highest BCUT2D eigenvalue weighted by Crippen LogP contribution is 2.25. The quantitative estimate of drug-likeness (QED) is 0.683. The van der Waals surface area contributed by atoms with Crippen LogP contribution in [0.25, 0.3) is 0 Å². The summed E-state index contributed by atoms with van der Waals surface area (Å²) >= 11 is 4.91. The Morgan fingerprint density at radius 1 is 1.22 bits per heavy atom. The van der Waals surface area contributed by atoms with Crippen LogP contribution in [0.3, 0.4) is 0 Å². The maximum Gasteiger partial charge on any atom is 0.236 e. The molecule has 5 nitrogen and oxygen atoms in total. The van der Waals surface area contributed by atoms with E-state index in [-0.39, 0.29) is 5.91 Å². The summed E-state index contributed by atoms with van der Waals surface area (Å²) in [4.78, 5) is 18.9. The Labute approximate surface area is 114 Å². The molecule has 0 radical (unpaired) electrons. The van der Waals surface area contributed by atoms with Crippen molar-refractivity contribution in [3.8, 4) is 0 Å². The normalized spacial score (nSPS) is 21.8. The molecule has 0 unspecified atom stereocenters. The molecule has 0 aromatic carbocycles. The Kier molecular flexibility index (Phi) is 4.53. The smallest absolute Gasteiger partial charge is 0.236 e. The second-order valence-electron chi connectivity index (χ2n) is 5.25. The van der Waals surface area contributed by atoms with Crippen LogP contribution in [0.15, 0.2) is 0 Å². The summed E-state index contributed by atoms with van der Waals surface area (Å²) in [6.45, 7) is 4.97. The van der Waals surface area contributed by atoms with Crippen molar-refractivity contribution in [3.63, 3.8) is 0 Å². The molecule has 2 N–H and O–H groups in total. The second kappa shape index (κ2) is 5.95. The first-order chi connectivity index (χ1) is 8.56. The third kappa shape index (κ3) is 3.90. The fourth-order valence-electron chi connectivity index (χ4n) is 2.29. The predicted molar refractivity (Wildman–Crippen MR) is 75.5 cm³/mol. The molecule has 0 aromatic rings. The summed E-state index contributed by atoms with van der Waals surface area (Å²) in [6.07, 6.45) is 2.34. The molecule has 2 aliphatic rings. The van der Waals surface area contributed by atoms with E-state index in [9.17, 15) is 4.79 Å². The third-order valence-electron chi connectivity index (χ3n) is 3.69. The molecule has 1 amide bonds. The molecule has 0 bridgehead atoms. The van der Waals surface area contributed by atoms with Gasteiger partial charge in [-0.1, -0.05) is 12.2 Å². The SMILES string of the molecule is CN(C(=O)CN1CCN(CC(N)=S)CC1)C1CC1. The average Bonchev–Trinajstić information content (AvgIpc) is 3.14. The van der Waals surface area contributed by atoms with Crippen molar-refractivity contribution in [2.75, 3.05) is 46.3 Å².